The van der Waals surface area contributed by atoms with Crippen LogP contribution in [0, 0.1) is 0 Å². The average Bonchev–Trinajstić information content (AvgIpc) is 2.52. The molecule has 0 unspecified atom stereocenters. The first kappa shape index (κ1) is 11.5. The number of aromatic nitrogens is 1. The fourth-order valence-electron chi connectivity index (χ4n) is 2.01. The molecule has 0 amide bonds. The lowest BCUT2D eigenvalue weighted by Crippen LogP contribution is -2.00. The molecular formula is C13H17N3O. The van der Waals surface area contributed by atoms with E-state index in [2.05, 4.69) is 9.98 Å². The van der Waals surface area contributed by atoms with E-state index in [-0.39, 0.29) is 11.9 Å². The van der Waals surface area contributed by atoms with Gasteiger partial charge < -0.3 is 15.8 Å². The molecule has 4 N–H and O–H groups in total. The summed E-state index contributed by atoms with van der Waals surface area (Å²) in [5.41, 5.74) is 8.86. The van der Waals surface area contributed by atoms with Gasteiger partial charge in [-0.15, -0.1) is 0 Å². The number of nitrogens with one attached hydrogen (secondary N) is 1. The van der Waals surface area contributed by atoms with Gasteiger partial charge in [-0.05, 0) is 39.0 Å². The zero-order valence-corrected chi connectivity index (χ0v) is 10.3. The topological polar surface area (TPSA) is 74.4 Å². The largest absolute Gasteiger partial charge is 0.494 e. The van der Waals surface area contributed by atoms with Gasteiger partial charge >= 0.3 is 0 Å². The standard InChI is InChI=1S/C13H17N3O/c1-7(2)15-8(3)12-10-6-9(14)4-5-11(10)16-13(12)17/h4-7,16-17H,14H2,1-3H3. The molecule has 90 valence electrons. The van der Waals surface area contributed by atoms with Crippen molar-refractivity contribution < 1.29 is 5.11 Å². The van der Waals surface area contributed by atoms with Crippen LogP contribution in [0.15, 0.2) is 23.2 Å². The Balaban J connectivity index is 2.67. The molecule has 4 nitrogen and oxygen atoms in total. The molecule has 0 atom stereocenters. The highest BCUT2D eigenvalue weighted by atomic mass is 16.3. The predicted molar refractivity (Wildman–Crippen MR) is 71.7 cm³/mol. The number of benzene rings is 1. The van der Waals surface area contributed by atoms with Gasteiger partial charge in [0.15, 0.2) is 5.88 Å². The van der Waals surface area contributed by atoms with Crippen molar-refractivity contribution in [1.29, 1.82) is 0 Å². The minimum Gasteiger partial charge on any atom is -0.494 e. The summed E-state index contributed by atoms with van der Waals surface area (Å²) in [5.74, 6) is 0.146. The molecule has 17 heavy (non-hydrogen) atoms. The predicted octanol–water partition coefficient (Wildman–Crippen LogP) is 2.67. The fourth-order valence-corrected chi connectivity index (χ4v) is 2.01. The first-order chi connectivity index (χ1) is 7.99. The van der Waals surface area contributed by atoms with Crippen molar-refractivity contribution >= 4 is 22.3 Å². The van der Waals surface area contributed by atoms with Crippen LogP contribution in [0.1, 0.15) is 26.3 Å². The molecule has 0 saturated heterocycles. The summed E-state index contributed by atoms with van der Waals surface area (Å²) in [6, 6.07) is 5.70. The molecule has 0 spiro atoms. The van der Waals surface area contributed by atoms with Crippen molar-refractivity contribution in [3.8, 4) is 5.88 Å². The zero-order valence-electron chi connectivity index (χ0n) is 10.3. The van der Waals surface area contributed by atoms with E-state index < -0.39 is 0 Å². The van der Waals surface area contributed by atoms with Gasteiger partial charge in [0.1, 0.15) is 0 Å². The second kappa shape index (κ2) is 4.13. The van der Waals surface area contributed by atoms with Gasteiger partial charge in [-0.1, -0.05) is 0 Å². The van der Waals surface area contributed by atoms with E-state index in [9.17, 15) is 5.11 Å². The molecule has 2 rings (SSSR count). The van der Waals surface area contributed by atoms with E-state index >= 15 is 0 Å². The Labute approximate surface area is 100 Å². The summed E-state index contributed by atoms with van der Waals surface area (Å²) in [4.78, 5) is 7.38. The Bertz CT molecular complexity index is 582. The van der Waals surface area contributed by atoms with Crippen LogP contribution in [-0.4, -0.2) is 21.8 Å². The number of rotatable bonds is 2. The number of hydrogen-bond donors (Lipinski definition) is 3. The number of nitrogens with zero attached hydrogens (tertiary/aromatic N) is 1. The van der Waals surface area contributed by atoms with Crippen LogP contribution in [0.5, 0.6) is 5.88 Å². The van der Waals surface area contributed by atoms with Crippen LogP contribution in [-0.2, 0) is 0 Å². The first-order valence-corrected chi connectivity index (χ1v) is 5.64. The molecule has 0 aliphatic carbocycles. The number of fused-ring (bicyclic) bond motifs is 1. The number of H-pyrrole nitrogens is 1. The number of anilines is 1. The molecule has 0 saturated carbocycles. The van der Waals surface area contributed by atoms with Gasteiger partial charge in [-0.3, -0.25) is 4.99 Å². The summed E-state index contributed by atoms with van der Waals surface area (Å²) < 4.78 is 0. The summed E-state index contributed by atoms with van der Waals surface area (Å²) in [7, 11) is 0. The SMILES string of the molecule is CC(=NC(C)C)c1c(O)[nH]c2ccc(N)cc12. The molecule has 0 bridgehead atoms. The van der Waals surface area contributed by atoms with Crippen molar-refractivity contribution in [2.75, 3.05) is 5.73 Å². The molecular weight excluding hydrogens is 214 g/mol. The fraction of sp³-hybridized carbons (Fsp3) is 0.308. The van der Waals surface area contributed by atoms with Gasteiger partial charge in [0.05, 0.1) is 5.56 Å². The summed E-state index contributed by atoms with van der Waals surface area (Å²) in [6.45, 7) is 5.90. The normalized spacial score (nSPS) is 12.6. The highest BCUT2D eigenvalue weighted by Gasteiger charge is 2.13. The molecule has 1 aromatic heterocycles. The van der Waals surface area contributed by atoms with E-state index in [4.69, 9.17) is 5.73 Å². The van der Waals surface area contributed by atoms with Crippen LogP contribution >= 0.6 is 0 Å². The smallest absolute Gasteiger partial charge is 0.198 e. The number of hydrogen-bond acceptors (Lipinski definition) is 3. The van der Waals surface area contributed by atoms with E-state index in [1.54, 1.807) is 6.07 Å². The molecule has 0 aliphatic rings. The maximum absolute atomic E-state index is 9.93. The van der Waals surface area contributed by atoms with Crippen LogP contribution < -0.4 is 5.73 Å². The van der Waals surface area contributed by atoms with Crippen LogP contribution in [0.4, 0.5) is 5.69 Å². The molecule has 4 heteroatoms. The van der Waals surface area contributed by atoms with Gasteiger partial charge in [-0.2, -0.15) is 0 Å². The van der Waals surface area contributed by atoms with Gasteiger partial charge in [-0.25, -0.2) is 0 Å². The van der Waals surface area contributed by atoms with Crippen LogP contribution in [0.3, 0.4) is 0 Å². The van der Waals surface area contributed by atoms with Crippen molar-refractivity contribution in [2.24, 2.45) is 4.99 Å². The van der Waals surface area contributed by atoms with E-state index in [0.29, 0.717) is 5.69 Å². The zero-order chi connectivity index (χ0) is 12.6. The second-order valence-corrected chi connectivity index (χ2v) is 4.46. The highest BCUT2D eigenvalue weighted by Crippen LogP contribution is 2.29. The summed E-state index contributed by atoms with van der Waals surface area (Å²) >= 11 is 0. The average molecular weight is 231 g/mol. The first-order valence-electron chi connectivity index (χ1n) is 5.64. The Morgan fingerprint density at radius 1 is 1.41 bits per heavy atom. The van der Waals surface area contributed by atoms with Gasteiger partial charge in [0, 0.05) is 28.3 Å². The summed E-state index contributed by atoms with van der Waals surface area (Å²) in [5, 5.41) is 10.8. The molecule has 2 aromatic rings. The number of aliphatic imine (C=N–C) groups is 1. The van der Waals surface area contributed by atoms with Gasteiger partial charge in [0.2, 0.25) is 0 Å². The van der Waals surface area contributed by atoms with Crippen molar-refractivity contribution in [3.05, 3.63) is 23.8 Å². The van der Waals surface area contributed by atoms with Crippen molar-refractivity contribution in [3.63, 3.8) is 0 Å². The molecule has 0 radical (unpaired) electrons. The van der Waals surface area contributed by atoms with E-state index in [0.717, 1.165) is 22.2 Å². The third kappa shape index (κ3) is 2.11. The Morgan fingerprint density at radius 2 is 2.12 bits per heavy atom. The van der Waals surface area contributed by atoms with Gasteiger partial charge in [0.25, 0.3) is 0 Å². The minimum absolute atomic E-state index is 0.146. The summed E-state index contributed by atoms with van der Waals surface area (Å²) in [6.07, 6.45) is 0. The Hall–Kier alpha value is -1.97. The van der Waals surface area contributed by atoms with Crippen molar-refractivity contribution in [1.82, 2.24) is 4.98 Å². The molecule has 1 heterocycles. The third-order valence-corrected chi connectivity index (χ3v) is 2.62. The van der Waals surface area contributed by atoms with Crippen molar-refractivity contribution in [2.45, 2.75) is 26.8 Å². The van der Waals surface area contributed by atoms with E-state index in [1.807, 2.05) is 32.9 Å². The minimum atomic E-state index is 0.146. The molecule has 0 fully saturated rings. The second-order valence-electron chi connectivity index (χ2n) is 4.46. The van der Waals surface area contributed by atoms with Crippen LogP contribution in [0.2, 0.25) is 0 Å². The number of nitrogen functional groups attached to an aromatic ring is 1. The highest BCUT2D eigenvalue weighted by molar-refractivity contribution is 6.12. The quantitative estimate of drug-likeness (QED) is 0.549. The lowest BCUT2D eigenvalue weighted by Gasteiger charge is -2.03. The Kier molecular flexibility index (Phi) is 2.79. The molecule has 1 aromatic carbocycles. The monoisotopic (exact) mass is 231 g/mol. The number of aromatic hydroxyl groups is 1. The van der Waals surface area contributed by atoms with E-state index in [1.165, 1.54) is 0 Å². The lowest BCUT2D eigenvalue weighted by atomic mass is 10.1. The molecule has 0 aliphatic heterocycles. The van der Waals surface area contributed by atoms with Crippen LogP contribution in [0.25, 0.3) is 10.9 Å². The Morgan fingerprint density at radius 3 is 2.76 bits per heavy atom. The lowest BCUT2D eigenvalue weighted by molar-refractivity contribution is 0.457. The maximum atomic E-state index is 9.93. The maximum Gasteiger partial charge on any atom is 0.198 e. The number of nitrogens with two attached hydrogens (primary N) is 1. The number of aromatic amines is 1. The third-order valence-electron chi connectivity index (χ3n) is 2.62.